The van der Waals surface area contributed by atoms with Gasteiger partial charge in [0.05, 0.1) is 148 Å². The van der Waals surface area contributed by atoms with E-state index in [2.05, 4.69) is 12.2 Å². The number of nitro benzene ring substituents is 2. The highest BCUT2D eigenvalue weighted by molar-refractivity contribution is 5.69. The predicted octanol–water partition coefficient (Wildman–Crippen LogP) is 3.98. The van der Waals surface area contributed by atoms with Gasteiger partial charge >= 0.3 is 5.97 Å². The number of hydrogen-bond acceptors (Lipinski definition) is 17. The van der Waals surface area contributed by atoms with Crippen molar-refractivity contribution in [2.45, 2.75) is 45.4 Å². The maximum absolute atomic E-state index is 11.6. The lowest BCUT2D eigenvalue weighted by atomic mass is 10.1. The van der Waals surface area contributed by atoms with Crippen LogP contribution in [0.4, 0.5) is 17.1 Å². The lowest BCUT2D eigenvalue weighted by Crippen LogP contribution is -2.16. The Morgan fingerprint density at radius 1 is 0.527 bits per heavy atom. The number of nitrogens with one attached hydrogen (secondary N) is 1. The molecule has 1 aromatic carbocycles. The molecule has 0 aliphatic rings. The highest BCUT2D eigenvalue weighted by atomic mass is 16.6. The minimum atomic E-state index is -0.683. The number of hydrogen-bond donors (Lipinski definition) is 1. The van der Waals surface area contributed by atoms with Gasteiger partial charge in [0, 0.05) is 19.0 Å². The summed E-state index contributed by atoms with van der Waals surface area (Å²) >= 11 is 0. The maximum Gasteiger partial charge on any atom is 0.305 e. The molecule has 0 saturated heterocycles. The molecule has 0 saturated carbocycles. The smallest absolute Gasteiger partial charge is 0.305 e. The van der Waals surface area contributed by atoms with E-state index < -0.39 is 9.85 Å². The van der Waals surface area contributed by atoms with E-state index in [1.807, 2.05) is 0 Å². The van der Waals surface area contributed by atoms with E-state index in [4.69, 9.17) is 52.1 Å². The molecule has 0 aliphatic carbocycles. The second-order valence-corrected chi connectivity index (χ2v) is 11.7. The van der Waals surface area contributed by atoms with E-state index in [1.54, 1.807) is 0 Å². The van der Waals surface area contributed by atoms with Gasteiger partial charge in [-0.2, -0.15) is 0 Å². The van der Waals surface area contributed by atoms with Crippen LogP contribution in [0.2, 0.25) is 0 Å². The van der Waals surface area contributed by atoms with E-state index >= 15 is 0 Å². The van der Waals surface area contributed by atoms with Crippen LogP contribution < -0.4 is 5.32 Å². The highest BCUT2D eigenvalue weighted by Crippen LogP contribution is 2.28. The van der Waals surface area contributed by atoms with Crippen molar-refractivity contribution >= 4 is 23.0 Å². The molecule has 0 aromatic heterocycles. The fourth-order valence-electron chi connectivity index (χ4n) is 4.43. The Labute approximate surface area is 324 Å². The molecule has 0 spiro atoms. The Hall–Kier alpha value is -3.11. The van der Waals surface area contributed by atoms with Crippen LogP contribution in [0.15, 0.2) is 18.2 Å². The second kappa shape index (κ2) is 37.8. The van der Waals surface area contributed by atoms with E-state index in [0.717, 1.165) is 18.9 Å². The third kappa shape index (κ3) is 31.8. The van der Waals surface area contributed by atoms with Crippen LogP contribution in [0.1, 0.15) is 45.4 Å². The topological polar surface area (TPSA) is 217 Å². The molecule has 1 rings (SSSR count). The number of rotatable bonds is 42. The number of ether oxygens (including phenoxy) is 11. The Kier molecular flexibility index (Phi) is 34.3. The summed E-state index contributed by atoms with van der Waals surface area (Å²) in [6.45, 7) is 11.2. The third-order valence-corrected chi connectivity index (χ3v) is 7.27. The molecule has 0 aliphatic heterocycles. The first-order chi connectivity index (χ1) is 27.0. The Morgan fingerprint density at radius 3 is 1.29 bits per heavy atom. The van der Waals surface area contributed by atoms with Crippen LogP contribution in [0, 0.1) is 20.2 Å². The van der Waals surface area contributed by atoms with Gasteiger partial charge < -0.3 is 57.4 Å². The SMILES string of the molecule is CCCCCCCC(=O)OCCOCCOCCOCCOCCOCCOCCOCCOCCOCCOCCNc1ccc([N+](=O)[O-])cc1[N+](=O)[O-]. The average molecular weight is 794 g/mol. The van der Waals surface area contributed by atoms with Crippen LogP contribution >= 0.6 is 0 Å². The van der Waals surface area contributed by atoms with Gasteiger partial charge in [0.15, 0.2) is 0 Å². The van der Waals surface area contributed by atoms with Gasteiger partial charge in [0.25, 0.3) is 11.4 Å². The second-order valence-electron chi connectivity index (χ2n) is 11.7. The monoisotopic (exact) mass is 793 g/mol. The number of non-ortho nitro benzene ring substituents is 1. The molecule has 0 radical (unpaired) electrons. The van der Waals surface area contributed by atoms with Crippen molar-refractivity contribution in [1.82, 2.24) is 0 Å². The van der Waals surface area contributed by atoms with Crippen molar-refractivity contribution in [3.63, 3.8) is 0 Å². The fraction of sp³-hybridized carbons (Fsp3) is 0.806. The zero-order valence-corrected chi connectivity index (χ0v) is 32.5. The number of carbonyl (C=O) groups excluding carboxylic acids is 1. The average Bonchev–Trinajstić information content (AvgIpc) is 3.17. The van der Waals surface area contributed by atoms with Gasteiger partial charge in [-0.25, -0.2) is 0 Å². The lowest BCUT2D eigenvalue weighted by molar-refractivity contribution is -0.393. The molecule has 0 atom stereocenters. The Bertz CT molecular complexity index is 1090. The molecule has 19 nitrogen and oxygen atoms in total. The molecule has 19 heteroatoms. The first-order valence-electron chi connectivity index (χ1n) is 19.1. The van der Waals surface area contributed by atoms with Gasteiger partial charge in [-0.3, -0.25) is 25.0 Å². The molecule has 0 fully saturated rings. The van der Waals surface area contributed by atoms with Crippen molar-refractivity contribution in [3.8, 4) is 0 Å². The summed E-state index contributed by atoms with van der Waals surface area (Å²) in [6.07, 6.45) is 6.00. The normalized spacial score (nSPS) is 11.2. The van der Waals surface area contributed by atoms with Gasteiger partial charge in [0.2, 0.25) is 0 Å². The van der Waals surface area contributed by atoms with E-state index in [9.17, 15) is 25.0 Å². The van der Waals surface area contributed by atoms with E-state index in [1.165, 1.54) is 31.4 Å². The van der Waals surface area contributed by atoms with Gasteiger partial charge in [0.1, 0.15) is 12.3 Å². The summed E-state index contributed by atoms with van der Waals surface area (Å²) < 4.78 is 59.6. The molecule has 0 amide bonds. The summed E-state index contributed by atoms with van der Waals surface area (Å²) in [5.74, 6) is -0.160. The minimum Gasteiger partial charge on any atom is -0.463 e. The fourth-order valence-corrected chi connectivity index (χ4v) is 4.43. The predicted molar refractivity (Wildman–Crippen MR) is 201 cm³/mol. The summed E-state index contributed by atoms with van der Waals surface area (Å²) in [5, 5.41) is 24.8. The van der Waals surface area contributed by atoms with Gasteiger partial charge in [-0.15, -0.1) is 0 Å². The van der Waals surface area contributed by atoms with Crippen molar-refractivity contribution in [2.75, 3.05) is 151 Å². The first kappa shape index (κ1) is 49.9. The zero-order valence-electron chi connectivity index (χ0n) is 32.5. The van der Waals surface area contributed by atoms with Crippen LogP contribution in [0.25, 0.3) is 0 Å². The van der Waals surface area contributed by atoms with Crippen LogP contribution in [-0.2, 0) is 56.9 Å². The van der Waals surface area contributed by atoms with Crippen LogP contribution in [-0.4, -0.2) is 161 Å². The standard InChI is InChI=1S/C36H63N3O16/c1-2-3-4-5-6-7-36(40)55-31-30-54-29-28-53-27-26-52-25-24-51-23-22-50-21-20-49-19-18-48-17-16-47-15-14-46-13-12-45-11-10-37-34-9-8-33(38(41)42)32-35(34)39(43)44/h8-9,32,37H,2-7,10-31H2,1H3. The molecular formula is C36H63N3O16. The van der Waals surface area contributed by atoms with E-state index in [0.29, 0.717) is 132 Å². The zero-order chi connectivity index (χ0) is 39.9. The third-order valence-electron chi connectivity index (χ3n) is 7.27. The minimum absolute atomic E-state index is 0.160. The van der Waals surface area contributed by atoms with Crippen LogP contribution in [0.3, 0.4) is 0 Å². The van der Waals surface area contributed by atoms with Crippen molar-refractivity contribution in [2.24, 2.45) is 0 Å². The van der Waals surface area contributed by atoms with Gasteiger partial charge in [-0.1, -0.05) is 32.6 Å². The largest absolute Gasteiger partial charge is 0.463 e. The van der Waals surface area contributed by atoms with Crippen molar-refractivity contribution in [3.05, 3.63) is 38.4 Å². The Morgan fingerprint density at radius 2 is 0.909 bits per heavy atom. The molecule has 1 N–H and O–H groups in total. The number of benzene rings is 1. The van der Waals surface area contributed by atoms with Crippen molar-refractivity contribution < 1.29 is 66.7 Å². The van der Waals surface area contributed by atoms with Crippen LogP contribution in [0.5, 0.6) is 0 Å². The molecule has 55 heavy (non-hydrogen) atoms. The van der Waals surface area contributed by atoms with Gasteiger partial charge in [-0.05, 0) is 12.5 Å². The van der Waals surface area contributed by atoms with E-state index in [-0.39, 0.29) is 42.8 Å². The molecular weight excluding hydrogens is 730 g/mol. The number of esters is 1. The number of nitro groups is 2. The number of unbranched alkanes of at least 4 members (excludes halogenated alkanes) is 4. The summed E-state index contributed by atoms with van der Waals surface area (Å²) in [6, 6.07) is 3.42. The number of nitrogens with zero attached hydrogens (tertiary/aromatic N) is 2. The number of carbonyl (C=O) groups is 1. The number of anilines is 1. The summed E-state index contributed by atoms with van der Waals surface area (Å²) in [5.41, 5.74) is -0.534. The van der Waals surface area contributed by atoms with Crippen molar-refractivity contribution in [1.29, 1.82) is 0 Å². The molecule has 0 bridgehead atoms. The lowest BCUT2D eigenvalue weighted by Gasteiger charge is -2.09. The molecule has 1 aromatic rings. The first-order valence-corrected chi connectivity index (χ1v) is 19.1. The Balaban J connectivity index is 1.71. The maximum atomic E-state index is 11.6. The quantitative estimate of drug-likeness (QED) is 0.0428. The summed E-state index contributed by atoms with van der Waals surface area (Å²) in [4.78, 5) is 32.2. The molecule has 0 unspecified atom stereocenters. The molecule has 318 valence electrons. The highest BCUT2D eigenvalue weighted by Gasteiger charge is 2.19. The molecule has 0 heterocycles. The summed E-state index contributed by atoms with van der Waals surface area (Å²) in [7, 11) is 0.